The smallest absolute Gasteiger partial charge is 0.220 e. The summed E-state index contributed by atoms with van der Waals surface area (Å²) in [7, 11) is 0. The van der Waals surface area contributed by atoms with Crippen molar-refractivity contribution in [2.45, 2.75) is 39.3 Å². The van der Waals surface area contributed by atoms with Crippen LogP contribution < -0.4 is 5.32 Å². The summed E-state index contributed by atoms with van der Waals surface area (Å²) in [5, 5.41) is 2.94. The number of carbonyl (C=O) groups is 1. The summed E-state index contributed by atoms with van der Waals surface area (Å²) in [6.45, 7) is 3.23. The van der Waals surface area contributed by atoms with Crippen LogP contribution in [0, 0.1) is 0 Å². The highest BCUT2D eigenvalue weighted by molar-refractivity contribution is 5.77. The molecule has 3 aromatic rings. The van der Waals surface area contributed by atoms with Gasteiger partial charge in [-0.1, -0.05) is 49.4 Å². The fourth-order valence-electron chi connectivity index (χ4n) is 2.90. The average Bonchev–Trinajstić information content (AvgIpc) is 2.98. The maximum absolute atomic E-state index is 11.6. The van der Waals surface area contributed by atoms with Crippen LogP contribution in [0.2, 0.25) is 0 Å². The van der Waals surface area contributed by atoms with Crippen molar-refractivity contribution < 1.29 is 4.79 Å². The lowest BCUT2D eigenvalue weighted by atomic mass is 10.1. The third-order valence-electron chi connectivity index (χ3n) is 4.19. The minimum atomic E-state index is 0.0536. The summed E-state index contributed by atoms with van der Waals surface area (Å²) < 4.78 is 2.23. The van der Waals surface area contributed by atoms with Gasteiger partial charge in [0.2, 0.25) is 5.91 Å². The highest BCUT2D eigenvalue weighted by atomic mass is 16.1. The molecule has 0 aliphatic carbocycles. The van der Waals surface area contributed by atoms with Crippen molar-refractivity contribution in [1.82, 2.24) is 14.9 Å². The van der Waals surface area contributed by atoms with Gasteiger partial charge >= 0.3 is 0 Å². The number of para-hydroxylation sites is 2. The number of amides is 1. The van der Waals surface area contributed by atoms with Crippen molar-refractivity contribution in [2.24, 2.45) is 0 Å². The fraction of sp³-hybridized carbons (Fsp3) is 0.300. The first-order valence-corrected chi connectivity index (χ1v) is 8.52. The number of benzene rings is 2. The number of nitrogens with one attached hydrogen (secondary N) is 1. The van der Waals surface area contributed by atoms with E-state index in [0.717, 1.165) is 36.2 Å². The topological polar surface area (TPSA) is 46.9 Å². The van der Waals surface area contributed by atoms with Gasteiger partial charge in [0.1, 0.15) is 5.82 Å². The third kappa shape index (κ3) is 3.82. The molecule has 4 heteroatoms. The molecule has 0 spiro atoms. The molecule has 0 atom stereocenters. The summed E-state index contributed by atoms with van der Waals surface area (Å²) >= 11 is 0. The van der Waals surface area contributed by atoms with E-state index in [2.05, 4.69) is 40.2 Å². The number of hydrogen-bond donors (Lipinski definition) is 1. The van der Waals surface area contributed by atoms with Gasteiger partial charge in [-0.05, 0) is 30.5 Å². The van der Waals surface area contributed by atoms with Gasteiger partial charge in [-0.2, -0.15) is 0 Å². The Bertz CT molecular complexity index is 808. The van der Waals surface area contributed by atoms with Gasteiger partial charge in [0.25, 0.3) is 0 Å². The third-order valence-corrected chi connectivity index (χ3v) is 4.19. The van der Waals surface area contributed by atoms with Crippen LogP contribution in [0.1, 0.15) is 31.2 Å². The summed E-state index contributed by atoms with van der Waals surface area (Å²) in [5.74, 6) is 0.976. The Labute approximate surface area is 142 Å². The van der Waals surface area contributed by atoms with Crippen LogP contribution >= 0.6 is 0 Å². The van der Waals surface area contributed by atoms with Crippen molar-refractivity contribution in [1.29, 1.82) is 0 Å². The number of rotatable bonds is 7. The van der Waals surface area contributed by atoms with Gasteiger partial charge in [0.15, 0.2) is 0 Å². The van der Waals surface area contributed by atoms with E-state index < -0.39 is 0 Å². The molecule has 24 heavy (non-hydrogen) atoms. The van der Waals surface area contributed by atoms with E-state index in [1.165, 1.54) is 5.56 Å². The lowest BCUT2D eigenvalue weighted by molar-refractivity contribution is -0.120. The number of hydrogen-bond acceptors (Lipinski definition) is 2. The quantitative estimate of drug-likeness (QED) is 0.721. The zero-order valence-corrected chi connectivity index (χ0v) is 14.0. The molecule has 0 radical (unpaired) electrons. The molecule has 0 saturated heterocycles. The second-order valence-corrected chi connectivity index (χ2v) is 5.89. The van der Waals surface area contributed by atoms with Crippen LogP contribution in [-0.2, 0) is 24.3 Å². The fourth-order valence-corrected chi connectivity index (χ4v) is 2.90. The molecule has 1 N–H and O–H groups in total. The predicted octanol–water partition coefficient (Wildman–Crippen LogP) is 3.70. The zero-order chi connectivity index (χ0) is 16.8. The molecule has 4 nitrogen and oxygen atoms in total. The number of fused-ring (bicyclic) bond motifs is 1. The summed E-state index contributed by atoms with van der Waals surface area (Å²) in [4.78, 5) is 16.3. The van der Waals surface area contributed by atoms with Crippen LogP contribution in [-0.4, -0.2) is 15.5 Å². The summed E-state index contributed by atoms with van der Waals surface area (Å²) in [6, 6.07) is 18.7. The van der Waals surface area contributed by atoms with E-state index in [1.807, 2.05) is 31.2 Å². The molecular weight excluding hydrogens is 298 g/mol. The lowest BCUT2D eigenvalue weighted by Gasteiger charge is -2.10. The summed E-state index contributed by atoms with van der Waals surface area (Å²) in [6.07, 6.45) is 2.57. The zero-order valence-electron chi connectivity index (χ0n) is 14.0. The van der Waals surface area contributed by atoms with Crippen LogP contribution in [0.3, 0.4) is 0 Å². The normalized spacial score (nSPS) is 10.9. The second kappa shape index (κ2) is 7.77. The minimum absolute atomic E-state index is 0.0536. The van der Waals surface area contributed by atoms with Crippen LogP contribution in [0.25, 0.3) is 11.0 Å². The Morgan fingerprint density at radius 3 is 2.62 bits per heavy atom. The Hall–Kier alpha value is -2.62. The van der Waals surface area contributed by atoms with E-state index in [-0.39, 0.29) is 5.91 Å². The molecule has 2 aromatic carbocycles. The number of nitrogens with zero attached hydrogens (tertiary/aromatic N) is 2. The first-order chi connectivity index (χ1) is 11.8. The van der Waals surface area contributed by atoms with Crippen molar-refractivity contribution in [2.75, 3.05) is 0 Å². The molecular formula is C20H23N3O. The number of imidazole rings is 1. The molecule has 0 aliphatic rings. The first kappa shape index (κ1) is 16.2. The molecule has 1 heterocycles. The van der Waals surface area contributed by atoms with Crippen molar-refractivity contribution in [3.05, 3.63) is 66.0 Å². The Kier molecular flexibility index (Phi) is 5.26. The highest BCUT2D eigenvalue weighted by Crippen LogP contribution is 2.17. The van der Waals surface area contributed by atoms with Gasteiger partial charge < -0.3 is 9.88 Å². The lowest BCUT2D eigenvalue weighted by Crippen LogP contribution is -2.23. The van der Waals surface area contributed by atoms with E-state index in [1.54, 1.807) is 0 Å². The molecule has 0 saturated carbocycles. The van der Waals surface area contributed by atoms with E-state index >= 15 is 0 Å². The molecule has 1 aromatic heterocycles. The maximum atomic E-state index is 11.6. The molecule has 3 rings (SSSR count). The minimum Gasteiger partial charge on any atom is -0.349 e. The standard InChI is InChI=1S/C20H23N3O/c1-2-20(24)21-15-19-22-17-12-6-7-13-18(17)23(19)14-8-11-16-9-4-3-5-10-16/h3-7,9-10,12-13H,2,8,11,14-15H2,1H3,(H,21,24). The molecule has 0 bridgehead atoms. The van der Waals surface area contributed by atoms with Crippen molar-refractivity contribution in [3.63, 3.8) is 0 Å². The molecule has 0 unspecified atom stereocenters. The molecule has 0 aliphatic heterocycles. The van der Waals surface area contributed by atoms with Crippen LogP contribution in [0.5, 0.6) is 0 Å². The Morgan fingerprint density at radius 1 is 1.08 bits per heavy atom. The predicted molar refractivity (Wildman–Crippen MR) is 96.6 cm³/mol. The monoisotopic (exact) mass is 321 g/mol. The van der Waals surface area contributed by atoms with Gasteiger partial charge in [-0.25, -0.2) is 4.98 Å². The number of carbonyl (C=O) groups excluding carboxylic acids is 1. The van der Waals surface area contributed by atoms with E-state index in [9.17, 15) is 4.79 Å². The number of aryl methyl sites for hydroxylation is 2. The maximum Gasteiger partial charge on any atom is 0.220 e. The number of aromatic nitrogens is 2. The summed E-state index contributed by atoms with van der Waals surface area (Å²) in [5.41, 5.74) is 3.46. The van der Waals surface area contributed by atoms with Crippen molar-refractivity contribution in [3.8, 4) is 0 Å². The second-order valence-electron chi connectivity index (χ2n) is 5.89. The highest BCUT2D eigenvalue weighted by Gasteiger charge is 2.11. The average molecular weight is 321 g/mol. The van der Waals surface area contributed by atoms with Crippen molar-refractivity contribution >= 4 is 16.9 Å². The van der Waals surface area contributed by atoms with Gasteiger partial charge in [-0.15, -0.1) is 0 Å². The van der Waals surface area contributed by atoms with Crippen LogP contribution in [0.15, 0.2) is 54.6 Å². The van der Waals surface area contributed by atoms with E-state index in [4.69, 9.17) is 4.98 Å². The first-order valence-electron chi connectivity index (χ1n) is 8.52. The van der Waals surface area contributed by atoms with Gasteiger partial charge in [0, 0.05) is 13.0 Å². The SMILES string of the molecule is CCC(=O)NCc1nc2ccccc2n1CCCc1ccccc1. The molecule has 1 amide bonds. The van der Waals surface area contributed by atoms with Crippen LogP contribution in [0.4, 0.5) is 0 Å². The Morgan fingerprint density at radius 2 is 1.83 bits per heavy atom. The van der Waals surface area contributed by atoms with Gasteiger partial charge in [-0.3, -0.25) is 4.79 Å². The molecule has 124 valence electrons. The Balaban J connectivity index is 1.75. The molecule has 0 fully saturated rings. The largest absolute Gasteiger partial charge is 0.349 e. The van der Waals surface area contributed by atoms with Gasteiger partial charge in [0.05, 0.1) is 17.6 Å². The van der Waals surface area contributed by atoms with E-state index in [0.29, 0.717) is 13.0 Å².